The number of fused-ring (bicyclic) bond motifs is 2. The van der Waals surface area contributed by atoms with Gasteiger partial charge in [-0.05, 0) is 40.7 Å². The molecule has 2 aliphatic heterocycles. The van der Waals surface area contributed by atoms with E-state index in [1.54, 1.807) is 0 Å². The highest BCUT2D eigenvalue weighted by Gasteiger charge is 2.28. The molecule has 0 N–H and O–H groups in total. The third kappa shape index (κ3) is 1.67. The van der Waals surface area contributed by atoms with Crippen LogP contribution in [-0.4, -0.2) is 11.4 Å². The van der Waals surface area contributed by atoms with Gasteiger partial charge < -0.3 is 4.90 Å². The normalized spacial score (nSPS) is 19.7. The van der Waals surface area contributed by atoms with Gasteiger partial charge >= 0.3 is 0 Å². The molecule has 0 saturated heterocycles. The number of hydrogen-bond donors (Lipinski definition) is 0. The van der Waals surface area contributed by atoms with Crippen LogP contribution in [0.1, 0.15) is 27.7 Å². The molecule has 0 radical (unpaired) electrons. The Labute approximate surface area is 92.5 Å². The van der Waals surface area contributed by atoms with Crippen molar-refractivity contribution in [3.63, 3.8) is 0 Å². The van der Waals surface area contributed by atoms with Crippen molar-refractivity contribution < 1.29 is 0 Å². The van der Waals surface area contributed by atoms with Crippen LogP contribution in [0, 0.1) is 5.41 Å². The fourth-order valence-corrected chi connectivity index (χ4v) is 2.22. The predicted molar refractivity (Wildman–Crippen MR) is 65.2 cm³/mol. The van der Waals surface area contributed by atoms with E-state index in [0.29, 0.717) is 0 Å². The number of nitrogens with zero attached hydrogens (tertiary/aromatic N) is 1. The maximum absolute atomic E-state index is 4.06. The fraction of sp³-hybridized carbons (Fsp3) is 0.429. The molecule has 15 heavy (non-hydrogen) atoms. The molecule has 2 aliphatic rings. The zero-order valence-electron chi connectivity index (χ0n) is 10.1. The minimum absolute atomic E-state index is 0.219. The van der Waals surface area contributed by atoms with Crippen LogP contribution >= 0.6 is 0 Å². The maximum Gasteiger partial charge on any atom is 0.0479 e. The Kier molecular flexibility index (Phi) is 2.14. The molecule has 2 bridgehead atoms. The molecule has 0 fully saturated rings. The lowest BCUT2D eigenvalue weighted by molar-refractivity contribution is 0.490. The first-order chi connectivity index (χ1) is 6.89. The van der Waals surface area contributed by atoms with Gasteiger partial charge in [0.2, 0.25) is 0 Å². The molecule has 0 spiro atoms. The summed E-state index contributed by atoms with van der Waals surface area (Å²) in [6, 6.07) is 0. The summed E-state index contributed by atoms with van der Waals surface area (Å²) in [4.78, 5) is 2.23. The standard InChI is InChI=1S/C14H19N/c1-10(2)11-8-15-7-6-13(12(11)9-15)14(3,4)5/h6-8H,1,9H2,2-5H3. The van der Waals surface area contributed by atoms with Crippen molar-refractivity contribution in [2.24, 2.45) is 5.41 Å². The summed E-state index contributed by atoms with van der Waals surface area (Å²) in [6.45, 7) is 14.0. The van der Waals surface area contributed by atoms with E-state index in [2.05, 4.69) is 57.6 Å². The predicted octanol–water partition coefficient (Wildman–Crippen LogP) is 3.63. The van der Waals surface area contributed by atoms with Crippen molar-refractivity contribution in [3.8, 4) is 0 Å². The smallest absolute Gasteiger partial charge is 0.0479 e. The Morgan fingerprint density at radius 2 is 2.07 bits per heavy atom. The van der Waals surface area contributed by atoms with E-state index in [0.717, 1.165) is 12.1 Å². The quantitative estimate of drug-likeness (QED) is 0.626. The molecule has 1 nitrogen and oxygen atoms in total. The SMILES string of the molecule is C=C(C)C1=CN2C=CC(C(C)(C)C)=C1C2. The fourth-order valence-electron chi connectivity index (χ4n) is 2.22. The Morgan fingerprint density at radius 3 is 2.60 bits per heavy atom. The first-order valence-electron chi connectivity index (χ1n) is 5.45. The van der Waals surface area contributed by atoms with Crippen molar-refractivity contribution in [3.05, 3.63) is 47.3 Å². The Bertz CT molecular complexity index is 400. The van der Waals surface area contributed by atoms with Crippen LogP contribution in [0.4, 0.5) is 0 Å². The van der Waals surface area contributed by atoms with Gasteiger partial charge in [-0.2, -0.15) is 0 Å². The van der Waals surface area contributed by atoms with Crippen molar-refractivity contribution in [1.82, 2.24) is 4.90 Å². The lowest BCUT2D eigenvalue weighted by Gasteiger charge is -2.27. The maximum atomic E-state index is 4.06. The van der Waals surface area contributed by atoms with E-state index in [1.165, 1.54) is 16.7 Å². The molecule has 0 aromatic rings. The third-order valence-electron chi connectivity index (χ3n) is 2.99. The molecule has 0 saturated carbocycles. The molecular formula is C14H19N. The average Bonchev–Trinajstić information content (AvgIpc) is 2.41. The van der Waals surface area contributed by atoms with Crippen LogP contribution in [0.15, 0.2) is 47.3 Å². The summed E-state index contributed by atoms with van der Waals surface area (Å²) in [5.74, 6) is 0. The second-order valence-electron chi connectivity index (χ2n) is 5.45. The minimum atomic E-state index is 0.219. The highest BCUT2D eigenvalue weighted by atomic mass is 15.1. The highest BCUT2D eigenvalue weighted by molar-refractivity contribution is 5.56. The van der Waals surface area contributed by atoms with Gasteiger partial charge in [-0.3, -0.25) is 0 Å². The van der Waals surface area contributed by atoms with E-state index in [9.17, 15) is 0 Å². The molecule has 1 heteroatoms. The van der Waals surface area contributed by atoms with Gasteiger partial charge in [0.25, 0.3) is 0 Å². The summed E-state index contributed by atoms with van der Waals surface area (Å²) in [5, 5.41) is 0. The van der Waals surface area contributed by atoms with Crippen molar-refractivity contribution in [2.75, 3.05) is 6.54 Å². The summed E-state index contributed by atoms with van der Waals surface area (Å²) in [7, 11) is 0. The first kappa shape index (κ1) is 10.3. The minimum Gasteiger partial charge on any atom is -0.349 e. The van der Waals surface area contributed by atoms with Crippen molar-refractivity contribution in [1.29, 1.82) is 0 Å². The number of hydrogen-bond acceptors (Lipinski definition) is 1. The molecule has 0 amide bonds. The second kappa shape index (κ2) is 3.13. The Morgan fingerprint density at radius 1 is 1.40 bits per heavy atom. The van der Waals surface area contributed by atoms with E-state index >= 15 is 0 Å². The molecule has 0 aliphatic carbocycles. The number of rotatable bonds is 1. The second-order valence-corrected chi connectivity index (χ2v) is 5.45. The van der Waals surface area contributed by atoms with Gasteiger partial charge in [-0.25, -0.2) is 0 Å². The van der Waals surface area contributed by atoms with Crippen molar-refractivity contribution >= 4 is 0 Å². The van der Waals surface area contributed by atoms with Crippen LogP contribution in [0.2, 0.25) is 0 Å². The van der Waals surface area contributed by atoms with Crippen LogP contribution in [0.25, 0.3) is 0 Å². The van der Waals surface area contributed by atoms with Gasteiger partial charge in [0.15, 0.2) is 0 Å². The number of allylic oxidation sites excluding steroid dienone is 3. The third-order valence-corrected chi connectivity index (χ3v) is 2.99. The average molecular weight is 201 g/mol. The highest BCUT2D eigenvalue weighted by Crippen LogP contribution is 2.39. The van der Waals surface area contributed by atoms with E-state index in [4.69, 9.17) is 0 Å². The molecular weight excluding hydrogens is 182 g/mol. The van der Waals surface area contributed by atoms with Crippen LogP contribution in [0.5, 0.6) is 0 Å². The van der Waals surface area contributed by atoms with E-state index < -0.39 is 0 Å². The van der Waals surface area contributed by atoms with Gasteiger partial charge in [-0.1, -0.05) is 27.4 Å². The molecule has 80 valence electrons. The lowest BCUT2D eigenvalue weighted by atomic mass is 9.80. The van der Waals surface area contributed by atoms with Crippen LogP contribution < -0.4 is 0 Å². The van der Waals surface area contributed by atoms with Crippen molar-refractivity contribution in [2.45, 2.75) is 27.7 Å². The van der Waals surface area contributed by atoms with E-state index in [1.807, 2.05) is 0 Å². The topological polar surface area (TPSA) is 3.24 Å². The first-order valence-corrected chi connectivity index (χ1v) is 5.45. The monoisotopic (exact) mass is 201 g/mol. The van der Waals surface area contributed by atoms with Gasteiger partial charge in [-0.15, -0.1) is 0 Å². The van der Waals surface area contributed by atoms with Gasteiger partial charge in [0, 0.05) is 18.9 Å². The lowest BCUT2D eigenvalue weighted by Crippen LogP contribution is -2.18. The zero-order chi connectivity index (χ0) is 11.2. The summed E-state index contributed by atoms with van der Waals surface area (Å²) in [6.07, 6.45) is 6.61. The Hall–Kier alpha value is -1.24. The molecule has 2 heterocycles. The molecule has 0 aromatic carbocycles. The molecule has 0 unspecified atom stereocenters. The van der Waals surface area contributed by atoms with Gasteiger partial charge in [0.05, 0.1) is 0 Å². The largest absolute Gasteiger partial charge is 0.349 e. The van der Waals surface area contributed by atoms with Crippen LogP contribution in [-0.2, 0) is 0 Å². The summed E-state index contributed by atoms with van der Waals surface area (Å²) < 4.78 is 0. The van der Waals surface area contributed by atoms with Gasteiger partial charge in [0.1, 0.15) is 0 Å². The molecule has 0 atom stereocenters. The molecule has 0 aromatic heterocycles. The van der Waals surface area contributed by atoms with E-state index in [-0.39, 0.29) is 5.41 Å². The summed E-state index contributed by atoms with van der Waals surface area (Å²) >= 11 is 0. The molecule has 2 rings (SSSR count). The summed E-state index contributed by atoms with van der Waals surface area (Å²) in [5.41, 5.74) is 5.61. The van der Waals surface area contributed by atoms with Crippen LogP contribution in [0.3, 0.4) is 0 Å². The Balaban J connectivity index is 2.52. The zero-order valence-corrected chi connectivity index (χ0v) is 10.1.